The smallest absolute Gasteiger partial charge is 0.261 e. The van der Waals surface area contributed by atoms with E-state index < -0.39 is 0 Å². The van der Waals surface area contributed by atoms with E-state index in [0.29, 0.717) is 5.69 Å². The zero-order valence-electron chi connectivity index (χ0n) is 10.9. The van der Waals surface area contributed by atoms with Crippen molar-refractivity contribution < 1.29 is 4.79 Å². The topological polar surface area (TPSA) is 72.2 Å². The van der Waals surface area contributed by atoms with Gasteiger partial charge in [0.2, 0.25) is 0 Å². The fourth-order valence-corrected chi connectivity index (χ4v) is 1.54. The number of amides is 1. The molecular formula is C13H15N5O. The number of nitrogens with one attached hydrogen (secondary N) is 1. The van der Waals surface area contributed by atoms with Crippen LogP contribution in [0.3, 0.4) is 0 Å². The van der Waals surface area contributed by atoms with Gasteiger partial charge in [-0.2, -0.15) is 10.2 Å². The third kappa shape index (κ3) is 3.74. The molecule has 2 aromatic rings. The first-order valence-electron chi connectivity index (χ1n) is 5.89. The first-order chi connectivity index (χ1) is 9.15. The maximum absolute atomic E-state index is 11.6. The number of nitrogens with zero attached hydrogens (tertiary/aromatic N) is 4. The molecule has 19 heavy (non-hydrogen) atoms. The second-order valence-electron chi connectivity index (χ2n) is 4.13. The van der Waals surface area contributed by atoms with Crippen LogP contribution < -0.4 is 5.43 Å². The Balaban J connectivity index is 1.88. The number of hydrogen-bond donors (Lipinski definition) is 1. The van der Waals surface area contributed by atoms with Crippen LogP contribution in [-0.4, -0.2) is 26.9 Å². The van der Waals surface area contributed by atoms with Crippen LogP contribution in [0.2, 0.25) is 0 Å². The molecule has 2 aromatic heterocycles. The summed E-state index contributed by atoms with van der Waals surface area (Å²) >= 11 is 0. The number of aromatic nitrogens is 3. The number of aryl methyl sites for hydroxylation is 2. The minimum absolute atomic E-state index is 0.150. The minimum atomic E-state index is -0.226. The molecule has 0 aliphatic rings. The zero-order chi connectivity index (χ0) is 13.7. The Kier molecular flexibility index (Phi) is 4.02. The average molecular weight is 257 g/mol. The largest absolute Gasteiger partial charge is 0.271 e. The fourth-order valence-electron chi connectivity index (χ4n) is 1.54. The third-order valence-electron chi connectivity index (χ3n) is 2.52. The monoisotopic (exact) mass is 257 g/mol. The van der Waals surface area contributed by atoms with Crippen LogP contribution >= 0.6 is 0 Å². The van der Waals surface area contributed by atoms with Gasteiger partial charge in [0.05, 0.1) is 11.9 Å². The molecule has 6 heteroatoms. The maximum Gasteiger partial charge on any atom is 0.261 e. The molecule has 0 saturated carbocycles. The average Bonchev–Trinajstić information content (AvgIpc) is 2.75. The molecule has 0 fully saturated rings. The number of carbonyl (C=O) groups is 1. The van der Waals surface area contributed by atoms with E-state index in [1.54, 1.807) is 10.9 Å². The first-order valence-corrected chi connectivity index (χ1v) is 5.89. The Morgan fingerprint density at radius 1 is 1.42 bits per heavy atom. The van der Waals surface area contributed by atoms with E-state index in [0.717, 1.165) is 11.4 Å². The van der Waals surface area contributed by atoms with Gasteiger partial charge in [-0.15, -0.1) is 0 Å². The summed E-state index contributed by atoms with van der Waals surface area (Å²) in [6.45, 7) is 3.94. The highest BCUT2D eigenvalue weighted by atomic mass is 16.2. The summed E-state index contributed by atoms with van der Waals surface area (Å²) in [5, 5.41) is 7.89. The van der Waals surface area contributed by atoms with Crippen molar-refractivity contribution in [3.63, 3.8) is 0 Å². The summed E-state index contributed by atoms with van der Waals surface area (Å²) in [5.41, 5.74) is 4.99. The second kappa shape index (κ2) is 5.90. The lowest BCUT2D eigenvalue weighted by molar-refractivity contribution is -0.121. The Morgan fingerprint density at radius 3 is 2.95 bits per heavy atom. The van der Waals surface area contributed by atoms with E-state index in [9.17, 15) is 4.79 Å². The van der Waals surface area contributed by atoms with Gasteiger partial charge in [-0.05, 0) is 32.0 Å². The molecule has 98 valence electrons. The van der Waals surface area contributed by atoms with Crippen molar-refractivity contribution in [1.29, 1.82) is 0 Å². The van der Waals surface area contributed by atoms with Crippen molar-refractivity contribution in [1.82, 2.24) is 20.2 Å². The summed E-state index contributed by atoms with van der Waals surface area (Å²) in [6.07, 6.45) is 3.17. The molecule has 1 amide bonds. The molecule has 6 nitrogen and oxygen atoms in total. The van der Waals surface area contributed by atoms with Gasteiger partial charge in [-0.3, -0.25) is 14.5 Å². The van der Waals surface area contributed by atoms with E-state index in [1.165, 1.54) is 6.21 Å². The molecule has 0 bridgehead atoms. The molecule has 0 aliphatic carbocycles. The van der Waals surface area contributed by atoms with Gasteiger partial charge in [0.1, 0.15) is 6.54 Å². The van der Waals surface area contributed by atoms with Crippen LogP contribution in [0.5, 0.6) is 0 Å². The van der Waals surface area contributed by atoms with Crippen LogP contribution in [0, 0.1) is 13.8 Å². The molecule has 0 saturated heterocycles. The van der Waals surface area contributed by atoms with Crippen molar-refractivity contribution in [3.8, 4) is 0 Å². The minimum Gasteiger partial charge on any atom is -0.271 e. The van der Waals surface area contributed by atoms with E-state index >= 15 is 0 Å². The highest BCUT2D eigenvalue weighted by Gasteiger charge is 2.03. The standard InChI is InChI=1S/C13H15N5O/c1-10-4-3-5-12(16-10)8-14-17-13(19)9-18-11(2)6-7-15-18/h3-8H,9H2,1-2H3,(H,17,19)/b14-8-. The number of rotatable bonds is 4. The summed E-state index contributed by atoms with van der Waals surface area (Å²) in [6, 6.07) is 7.45. The molecule has 0 aromatic carbocycles. The quantitative estimate of drug-likeness (QED) is 0.657. The highest BCUT2D eigenvalue weighted by molar-refractivity contribution is 5.80. The number of hydrazone groups is 1. The lowest BCUT2D eigenvalue weighted by Crippen LogP contribution is -2.24. The van der Waals surface area contributed by atoms with Crippen molar-refractivity contribution in [2.45, 2.75) is 20.4 Å². The predicted octanol–water partition coefficient (Wildman–Crippen LogP) is 1.05. The van der Waals surface area contributed by atoms with Crippen LogP contribution in [0.1, 0.15) is 17.1 Å². The van der Waals surface area contributed by atoms with Gasteiger partial charge in [-0.25, -0.2) is 5.43 Å². The number of pyridine rings is 1. The number of hydrogen-bond acceptors (Lipinski definition) is 4. The van der Waals surface area contributed by atoms with Crippen LogP contribution in [0.15, 0.2) is 35.6 Å². The summed E-state index contributed by atoms with van der Waals surface area (Å²) < 4.78 is 1.61. The maximum atomic E-state index is 11.6. The molecule has 0 spiro atoms. The van der Waals surface area contributed by atoms with E-state index in [1.807, 2.05) is 38.1 Å². The van der Waals surface area contributed by atoms with Crippen LogP contribution in [0.4, 0.5) is 0 Å². The zero-order valence-corrected chi connectivity index (χ0v) is 10.9. The number of carbonyl (C=O) groups excluding carboxylic acids is 1. The first kappa shape index (κ1) is 12.9. The van der Waals surface area contributed by atoms with E-state index in [2.05, 4.69) is 20.6 Å². The van der Waals surface area contributed by atoms with Gasteiger partial charge in [0.15, 0.2) is 0 Å². The molecule has 0 unspecified atom stereocenters. The molecular weight excluding hydrogens is 242 g/mol. The molecule has 1 N–H and O–H groups in total. The fraction of sp³-hybridized carbons (Fsp3) is 0.231. The Bertz CT molecular complexity index is 603. The predicted molar refractivity (Wildman–Crippen MR) is 71.7 cm³/mol. The summed E-state index contributed by atoms with van der Waals surface area (Å²) in [4.78, 5) is 15.9. The SMILES string of the molecule is Cc1cccc(/C=N\NC(=O)Cn2nccc2C)n1. The lowest BCUT2D eigenvalue weighted by atomic mass is 10.3. The summed E-state index contributed by atoms with van der Waals surface area (Å²) in [7, 11) is 0. The van der Waals surface area contributed by atoms with E-state index in [-0.39, 0.29) is 12.5 Å². The van der Waals surface area contributed by atoms with Crippen molar-refractivity contribution in [3.05, 3.63) is 47.5 Å². The molecule has 0 radical (unpaired) electrons. The summed E-state index contributed by atoms with van der Waals surface area (Å²) in [5.74, 6) is -0.226. The van der Waals surface area contributed by atoms with Gasteiger partial charge < -0.3 is 0 Å². The highest BCUT2D eigenvalue weighted by Crippen LogP contribution is 1.96. The van der Waals surface area contributed by atoms with Gasteiger partial charge in [-0.1, -0.05) is 6.07 Å². The second-order valence-corrected chi connectivity index (χ2v) is 4.13. The Labute approximate surface area is 111 Å². The molecule has 0 aliphatic heterocycles. The van der Waals surface area contributed by atoms with Crippen molar-refractivity contribution in [2.75, 3.05) is 0 Å². The third-order valence-corrected chi connectivity index (χ3v) is 2.52. The Hall–Kier alpha value is -2.50. The van der Waals surface area contributed by atoms with Gasteiger partial charge >= 0.3 is 0 Å². The van der Waals surface area contributed by atoms with Crippen molar-refractivity contribution in [2.24, 2.45) is 5.10 Å². The molecule has 2 rings (SSSR count). The molecule has 0 atom stereocenters. The lowest BCUT2D eigenvalue weighted by Gasteiger charge is -2.02. The molecule has 2 heterocycles. The normalized spacial score (nSPS) is 10.8. The van der Waals surface area contributed by atoms with E-state index in [4.69, 9.17) is 0 Å². The Morgan fingerprint density at radius 2 is 2.26 bits per heavy atom. The van der Waals surface area contributed by atoms with Crippen LogP contribution in [-0.2, 0) is 11.3 Å². The van der Waals surface area contributed by atoms with Crippen molar-refractivity contribution >= 4 is 12.1 Å². The van der Waals surface area contributed by atoms with Gasteiger partial charge in [0.25, 0.3) is 5.91 Å². The van der Waals surface area contributed by atoms with Crippen LogP contribution in [0.25, 0.3) is 0 Å². The van der Waals surface area contributed by atoms with Gasteiger partial charge in [0, 0.05) is 17.6 Å².